The molecule has 1 aliphatic heterocycles. The summed E-state index contributed by atoms with van der Waals surface area (Å²) in [6.07, 6.45) is 3.24. The van der Waals surface area contributed by atoms with Crippen LogP contribution in [0.1, 0.15) is 34.2 Å². The summed E-state index contributed by atoms with van der Waals surface area (Å²) in [7, 11) is -4.78. The Balaban J connectivity index is 0.000000297. The van der Waals surface area contributed by atoms with Crippen LogP contribution in [-0.4, -0.2) is 42.4 Å². The molecule has 0 fully saturated rings. The van der Waals surface area contributed by atoms with E-state index in [0.717, 1.165) is 11.8 Å². The van der Waals surface area contributed by atoms with Crippen molar-refractivity contribution in [3.05, 3.63) is 88.1 Å². The Morgan fingerprint density at radius 2 is 1.73 bits per heavy atom. The number of nitrogens with zero attached hydrogens (tertiary/aromatic N) is 3. The second-order valence-electron chi connectivity index (χ2n) is 10.3. The monoisotopic (exact) mass is 655 g/mol. The van der Waals surface area contributed by atoms with Crippen LogP contribution in [0.5, 0.6) is 11.6 Å². The van der Waals surface area contributed by atoms with Gasteiger partial charge >= 0.3 is 0 Å². The summed E-state index contributed by atoms with van der Waals surface area (Å²) in [5.41, 5.74) is 3.65. The quantitative estimate of drug-likeness (QED) is 0.208. The first-order chi connectivity index (χ1) is 21.3. The molecule has 1 aliphatic rings. The number of aryl methyl sites for hydroxylation is 3. The maximum atomic E-state index is 14.6. The van der Waals surface area contributed by atoms with Gasteiger partial charge in [-0.05, 0) is 68.0 Å². The van der Waals surface area contributed by atoms with Crippen LogP contribution in [0.3, 0.4) is 0 Å². The van der Waals surface area contributed by atoms with Gasteiger partial charge in [-0.15, -0.1) is 10.7 Å². The molecular formula is C31H31F2N5O5S2. The molecule has 3 heterocycles. The number of nitriles is 1. The van der Waals surface area contributed by atoms with Gasteiger partial charge in [0, 0.05) is 29.4 Å². The first kappa shape index (κ1) is 33.4. The molecule has 4 bridgehead atoms. The highest BCUT2D eigenvalue weighted by molar-refractivity contribution is 7.86. The Bertz CT molecular complexity index is 1910. The predicted molar refractivity (Wildman–Crippen MR) is 168 cm³/mol. The van der Waals surface area contributed by atoms with Gasteiger partial charge in [-0.3, -0.25) is 9.33 Å². The zero-order chi connectivity index (χ0) is 32.9. The summed E-state index contributed by atoms with van der Waals surface area (Å²) in [6.45, 7) is 5.61. The number of rotatable bonds is 3. The van der Waals surface area contributed by atoms with Crippen LogP contribution in [-0.2, 0) is 26.6 Å². The van der Waals surface area contributed by atoms with Crippen molar-refractivity contribution in [1.82, 2.24) is 9.97 Å². The first-order valence-electron chi connectivity index (χ1n) is 13.6. The molecule has 2 aromatic heterocycles. The summed E-state index contributed by atoms with van der Waals surface area (Å²) < 4.78 is 78.7. The van der Waals surface area contributed by atoms with E-state index in [9.17, 15) is 22.5 Å². The molecule has 0 spiro atoms. The third-order valence-electron chi connectivity index (χ3n) is 6.54. The number of aromatic nitrogens is 2. The molecule has 3 N–H and O–H groups in total. The van der Waals surface area contributed by atoms with Crippen molar-refractivity contribution >= 4 is 32.4 Å². The van der Waals surface area contributed by atoms with Crippen molar-refractivity contribution in [2.75, 3.05) is 24.8 Å². The van der Waals surface area contributed by atoms with Gasteiger partial charge in [0.05, 0.1) is 24.3 Å². The van der Waals surface area contributed by atoms with Gasteiger partial charge in [-0.1, -0.05) is 17.7 Å². The molecule has 0 saturated carbocycles. The first-order valence-corrected chi connectivity index (χ1v) is 16.8. The average molecular weight is 656 g/mol. The Hall–Kier alpha value is -4.45. The summed E-state index contributed by atoms with van der Waals surface area (Å²) >= 11 is 0. The van der Waals surface area contributed by atoms with E-state index >= 15 is 0 Å². The fourth-order valence-electron chi connectivity index (χ4n) is 4.87. The summed E-state index contributed by atoms with van der Waals surface area (Å²) in [6, 6.07) is 12.6. The smallest absolute Gasteiger partial charge is 0.295 e. The van der Waals surface area contributed by atoms with Crippen molar-refractivity contribution < 1.29 is 31.2 Å². The number of anilines is 2. The summed E-state index contributed by atoms with van der Waals surface area (Å²) in [4.78, 5) is 8.49. The molecule has 4 aromatic rings. The van der Waals surface area contributed by atoms with Crippen molar-refractivity contribution in [1.29, 1.82) is 10.0 Å². The number of fused-ring (bicyclic) bond motifs is 6. The molecule has 0 saturated heterocycles. The van der Waals surface area contributed by atoms with Gasteiger partial charge < -0.3 is 14.8 Å². The minimum atomic E-state index is -4.08. The lowest BCUT2D eigenvalue weighted by Crippen LogP contribution is -2.10. The lowest BCUT2D eigenvalue weighted by molar-refractivity contribution is 0.242. The van der Waals surface area contributed by atoms with E-state index < -0.39 is 32.4 Å². The average Bonchev–Trinajstić information content (AvgIpc) is 2.92. The number of halogens is 2. The standard InChI is InChI=1S/C22H19F2N5O2S.C9H12O3S/c1-32(26)12-13-7-21-28-20-9-16(18(24)11-27-20)15-4-3-14(23)8-19(15)30-5-2-6-31-22(29-21)17(13)10-25;1-6-4-7(2)9(8(3)5-6)13(10,11)12/h3-4,7-9,11,26H,2,5-6,12H2,1H3,(H,27,28,29);4-5H,1-3H3,(H,10,11,12). The van der Waals surface area contributed by atoms with Crippen LogP contribution in [0.25, 0.3) is 11.1 Å². The van der Waals surface area contributed by atoms with Crippen molar-refractivity contribution in [2.24, 2.45) is 0 Å². The largest absolute Gasteiger partial charge is 0.493 e. The molecule has 10 nitrogen and oxygen atoms in total. The number of hydrogen-bond acceptors (Lipinski definition) is 9. The van der Waals surface area contributed by atoms with Crippen molar-refractivity contribution in [3.8, 4) is 28.8 Å². The molecule has 1 unspecified atom stereocenters. The topological polar surface area (TPSA) is 158 Å². The molecule has 236 valence electrons. The number of ether oxygens (including phenoxy) is 2. The molecule has 2 aromatic carbocycles. The van der Waals surface area contributed by atoms with Gasteiger partial charge in [0.25, 0.3) is 10.1 Å². The van der Waals surface area contributed by atoms with Gasteiger partial charge in [-0.2, -0.15) is 18.7 Å². The second kappa shape index (κ2) is 14.1. The molecule has 5 rings (SSSR count). The minimum Gasteiger partial charge on any atom is -0.493 e. The predicted octanol–water partition coefficient (Wildman–Crippen LogP) is 6.57. The van der Waals surface area contributed by atoms with E-state index in [4.69, 9.17) is 18.8 Å². The van der Waals surface area contributed by atoms with Crippen molar-refractivity contribution in [3.63, 3.8) is 0 Å². The highest BCUT2D eigenvalue weighted by atomic mass is 32.2. The maximum absolute atomic E-state index is 14.6. The highest BCUT2D eigenvalue weighted by Gasteiger charge is 2.19. The van der Waals surface area contributed by atoms with Gasteiger partial charge in [0.2, 0.25) is 5.88 Å². The molecular weight excluding hydrogens is 625 g/mol. The van der Waals surface area contributed by atoms with Crippen LogP contribution < -0.4 is 14.8 Å². The lowest BCUT2D eigenvalue weighted by atomic mass is 10.0. The highest BCUT2D eigenvalue weighted by Crippen LogP contribution is 2.35. The van der Waals surface area contributed by atoms with E-state index in [1.807, 2.05) is 6.92 Å². The Labute approximate surface area is 262 Å². The van der Waals surface area contributed by atoms with E-state index in [0.29, 0.717) is 46.1 Å². The van der Waals surface area contributed by atoms with E-state index in [1.165, 1.54) is 24.3 Å². The summed E-state index contributed by atoms with van der Waals surface area (Å²) in [5.74, 6) is 0.287. The molecule has 45 heavy (non-hydrogen) atoms. The number of nitrogens with one attached hydrogen (secondary N) is 2. The third-order valence-corrected chi connectivity index (χ3v) is 8.45. The molecule has 0 amide bonds. The van der Waals surface area contributed by atoms with E-state index in [1.54, 1.807) is 38.3 Å². The van der Waals surface area contributed by atoms with Crippen LogP contribution >= 0.6 is 0 Å². The van der Waals surface area contributed by atoms with Crippen LogP contribution in [0, 0.1) is 48.5 Å². The van der Waals surface area contributed by atoms with E-state index in [-0.39, 0.29) is 40.9 Å². The molecule has 1 atom stereocenters. The van der Waals surface area contributed by atoms with Gasteiger partial charge in [-0.25, -0.2) is 13.8 Å². The fraction of sp³-hybridized carbons (Fsp3) is 0.258. The van der Waals surface area contributed by atoms with E-state index in [2.05, 4.69) is 21.4 Å². The fourth-order valence-corrected chi connectivity index (χ4v) is 6.50. The minimum absolute atomic E-state index is 0.0260. The third kappa shape index (κ3) is 8.39. The Morgan fingerprint density at radius 1 is 1.04 bits per heavy atom. The van der Waals surface area contributed by atoms with Crippen LogP contribution in [0.2, 0.25) is 0 Å². The lowest BCUT2D eigenvalue weighted by Gasteiger charge is -2.17. The molecule has 14 heteroatoms. The number of pyridine rings is 2. The van der Waals surface area contributed by atoms with Crippen LogP contribution in [0.15, 0.2) is 53.6 Å². The van der Waals surface area contributed by atoms with Crippen molar-refractivity contribution in [2.45, 2.75) is 37.8 Å². The second-order valence-corrected chi connectivity index (χ2v) is 13.2. The van der Waals surface area contributed by atoms with Crippen LogP contribution in [0.4, 0.5) is 20.4 Å². The SMILES string of the molecule is CS(=N)Cc1cc2nc(c1C#N)OCCCOc1cc(F)ccc1-c1cc(ncc1F)N2.Cc1cc(C)c(S(=O)(=O)O)c(C)c1. The zero-order valence-corrected chi connectivity index (χ0v) is 26.6. The Morgan fingerprint density at radius 3 is 2.38 bits per heavy atom. The summed E-state index contributed by atoms with van der Waals surface area (Å²) in [5, 5.41) is 12.7. The van der Waals surface area contributed by atoms with Gasteiger partial charge in [0.1, 0.15) is 40.7 Å². The normalized spacial score (nSPS) is 13.3. The maximum Gasteiger partial charge on any atom is 0.295 e. The van der Waals surface area contributed by atoms with Gasteiger partial charge in [0.15, 0.2) is 0 Å². The molecule has 0 aliphatic carbocycles. The number of benzene rings is 2. The number of hydrogen-bond donors (Lipinski definition) is 3. The molecule has 0 radical (unpaired) electrons. The zero-order valence-electron chi connectivity index (χ0n) is 24.9. The Kier molecular flexibility index (Phi) is 10.5.